The van der Waals surface area contributed by atoms with Gasteiger partial charge in [-0.15, -0.1) is 0 Å². The minimum absolute atomic E-state index is 0.465. The van der Waals surface area contributed by atoms with Crippen molar-refractivity contribution >= 4 is 50.9 Å². The summed E-state index contributed by atoms with van der Waals surface area (Å²) in [5.41, 5.74) is 10.6. The lowest BCUT2D eigenvalue weighted by Gasteiger charge is -2.10. The van der Waals surface area contributed by atoms with Gasteiger partial charge in [0.1, 0.15) is 0 Å². The van der Waals surface area contributed by atoms with E-state index in [2.05, 4.69) is 15.6 Å². The maximum absolute atomic E-state index is 12.2. The van der Waals surface area contributed by atoms with Crippen molar-refractivity contribution in [3.8, 4) is 11.1 Å². The van der Waals surface area contributed by atoms with Gasteiger partial charge in [-0.2, -0.15) is 0 Å². The number of hydrogen-bond donors (Lipinski definition) is 1. The molecule has 2 heterocycles. The zero-order valence-corrected chi connectivity index (χ0v) is 17.8. The Morgan fingerprint density at radius 3 is 2.52 bits per heavy atom. The average Bonchev–Trinajstić information content (AvgIpc) is 3.07. The molecule has 151 valence electrons. The highest BCUT2D eigenvalue weighted by Crippen LogP contribution is 2.39. The summed E-state index contributed by atoms with van der Waals surface area (Å²) in [5.74, 6) is -0.474. The number of hydrogen-bond acceptors (Lipinski definition) is 2. The zero-order chi connectivity index (χ0) is 21.5. The molecule has 3 aromatic carbocycles. The van der Waals surface area contributed by atoms with E-state index < -0.39 is 5.91 Å². The Bertz CT molecular complexity index is 1440. The molecule has 0 spiro atoms. The molecule has 0 aliphatic carbocycles. The lowest BCUT2D eigenvalue weighted by atomic mass is 10.0. The molecule has 2 N–H and O–H groups in total. The third-order valence-electron chi connectivity index (χ3n) is 5.37. The highest BCUT2D eigenvalue weighted by atomic mass is 35.5. The molecular formula is C25H16Cl2N3O. The zero-order valence-electron chi connectivity index (χ0n) is 16.3. The van der Waals surface area contributed by atoms with Crippen molar-refractivity contribution in [3.05, 3.63) is 100 Å². The van der Waals surface area contributed by atoms with Gasteiger partial charge >= 0.3 is 0 Å². The van der Waals surface area contributed by atoms with Gasteiger partial charge in [0, 0.05) is 50.9 Å². The number of pyridine rings is 1. The van der Waals surface area contributed by atoms with Crippen molar-refractivity contribution < 1.29 is 4.79 Å². The van der Waals surface area contributed by atoms with E-state index in [1.165, 1.54) is 0 Å². The highest BCUT2D eigenvalue weighted by Gasteiger charge is 2.18. The van der Waals surface area contributed by atoms with Gasteiger partial charge in [-0.3, -0.25) is 9.78 Å². The number of carbonyl (C=O) groups excluding carboxylic acids is 1. The van der Waals surface area contributed by atoms with Crippen LogP contribution >= 0.6 is 23.2 Å². The Morgan fingerprint density at radius 2 is 1.81 bits per heavy atom. The monoisotopic (exact) mass is 444 g/mol. The first-order valence-corrected chi connectivity index (χ1v) is 10.4. The van der Waals surface area contributed by atoms with E-state index in [1.54, 1.807) is 12.3 Å². The minimum Gasteiger partial charge on any atom is -0.366 e. The second-order valence-corrected chi connectivity index (χ2v) is 8.07. The molecule has 4 nitrogen and oxygen atoms in total. The number of aromatic nitrogens is 2. The predicted octanol–water partition coefficient (Wildman–Crippen LogP) is 6.11. The number of fused-ring (bicyclic) bond motifs is 3. The lowest BCUT2D eigenvalue weighted by molar-refractivity contribution is 0.100. The van der Waals surface area contributed by atoms with Gasteiger partial charge in [0.2, 0.25) is 5.91 Å². The number of benzene rings is 3. The molecule has 5 aromatic rings. The minimum atomic E-state index is -0.474. The topological polar surface area (TPSA) is 60.9 Å². The summed E-state index contributed by atoms with van der Waals surface area (Å²) in [4.78, 5) is 16.4. The van der Waals surface area contributed by atoms with Crippen molar-refractivity contribution in [2.24, 2.45) is 5.73 Å². The highest BCUT2D eigenvalue weighted by molar-refractivity contribution is 6.39. The molecular weight excluding hydrogens is 429 g/mol. The third-order valence-corrected chi connectivity index (χ3v) is 6.00. The number of halogens is 2. The fraction of sp³-hybridized carbons (Fsp3) is 0.0400. The maximum atomic E-state index is 12.2. The molecule has 0 atom stereocenters. The molecule has 1 radical (unpaired) electrons. The fourth-order valence-corrected chi connectivity index (χ4v) is 4.64. The molecule has 0 bridgehead atoms. The van der Waals surface area contributed by atoms with Gasteiger partial charge < -0.3 is 10.3 Å². The van der Waals surface area contributed by atoms with Gasteiger partial charge in [0.15, 0.2) is 0 Å². The van der Waals surface area contributed by atoms with E-state index in [0.717, 1.165) is 38.5 Å². The van der Waals surface area contributed by atoms with Crippen LogP contribution in [0.3, 0.4) is 0 Å². The Morgan fingerprint density at radius 1 is 1.03 bits per heavy atom. The van der Waals surface area contributed by atoms with Crippen molar-refractivity contribution in [3.63, 3.8) is 0 Å². The number of nitrogens with zero attached hydrogens (tertiary/aromatic N) is 2. The van der Waals surface area contributed by atoms with Crippen molar-refractivity contribution in [2.75, 3.05) is 0 Å². The van der Waals surface area contributed by atoms with Crippen LogP contribution in [0.4, 0.5) is 0 Å². The second kappa shape index (κ2) is 7.73. The average molecular weight is 445 g/mol. The van der Waals surface area contributed by atoms with Gasteiger partial charge in [-0.05, 0) is 59.7 Å². The van der Waals surface area contributed by atoms with E-state index in [4.69, 9.17) is 28.9 Å². The van der Waals surface area contributed by atoms with Gasteiger partial charge in [0.25, 0.3) is 0 Å². The van der Waals surface area contributed by atoms with Crippen LogP contribution in [-0.4, -0.2) is 15.5 Å². The first kappa shape index (κ1) is 19.6. The first-order valence-electron chi connectivity index (χ1n) is 9.64. The van der Waals surface area contributed by atoms with Crippen LogP contribution in [0, 0.1) is 6.07 Å². The number of rotatable bonds is 4. The molecule has 5 rings (SSSR count). The van der Waals surface area contributed by atoms with Crippen molar-refractivity contribution in [1.29, 1.82) is 0 Å². The van der Waals surface area contributed by atoms with Crippen LogP contribution in [-0.2, 0) is 6.54 Å². The summed E-state index contributed by atoms with van der Waals surface area (Å²) in [5, 5.41) is 2.73. The van der Waals surface area contributed by atoms with E-state index in [0.29, 0.717) is 22.2 Å². The van der Waals surface area contributed by atoms with Crippen LogP contribution in [0.2, 0.25) is 10.0 Å². The third kappa shape index (κ3) is 3.34. The summed E-state index contributed by atoms with van der Waals surface area (Å²) < 4.78 is 2.14. The Kier molecular flexibility index (Phi) is 4.89. The number of nitrogens with two attached hydrogens (primary N) is 1. The molecule has 1 amide bonds. The molecule has 0 saturated carbocycles. The molecule has 2 aromatic heterocycles. The summed E-state index contributed by atoms with van der Waals surface area (Å²) in [7, 11) is 0. The first-order chi connectivity index (χ1) is 15.0. The van der Waals surface area contributed by atoms with E-state index in [1.807, 2.05) is 60.8 Å². The quantitative estimate of drug-likeness (QED) is 0.363. The fourth-order valence-electron chi connectivity index (χ4n) is 4.02. The van der Waals surface area contributed by atoms with E-state index >= 15 is 0 Å². The van der Waals surface area contributed by atoms with Gasteiger partial charge in [0.05, 0.1) is 11.0 Å². The summed E-state index contributed by atoms with van der Waals surface area (Å²) in [6.45, 7) is 0.573. The van der Waals surface area contributed by atoms with E-state index in [-0.39, 0.29) is 0 Å². The molecule has 0 fully saturated rings. The number of primary amides is 1. The summed E-state index contributed by atoms with van der Waals surface area (Å²) in [6.07, 6.45) is 3.57. The van der Waals surface area contributed by atoms with Crippen molar-refractivity contribution in [2.45, 2.75) is 6.54 Å². The summed E-state index contributed by atoms with van der Waals surface area (Å²) >= 11 is 12.9. The van der Waals surface area contributed by atoms with Crippen LogP contribution in [0.25, 0.3) is 32.9 Å². The number of amides is 1. The SMILES string of the molecule is NC(=O)c1cccc2c1c1[c]cc(-c3c(Cl)cccc3Cl)cc1n2Cc1cccnc1. The van der Waals surface area contributed by atoms with Crippen molar-refractivity contribution in [1.82, 2.24) is 9.55 Å². The number of carbonyl (C=O) groups is 1. The molecule has 0 aliphatic heterocycles. The molecule has 0 unspecified atom stereocenters. The summed E-state index contributed by atoms with van der Waals surface area (Å²) in [6, 6.07) is 22.1. The van der Waals surface area contributed by atoms with Gasteiger partial charge in [-0.25, -0.2) is 0 Å². The van der Waals surface area contributed by atoms with E-state index in [9.17, 15) is 4.79 Å². The van der Waals surface area contributed by atoms with Crippen LogP contribution in [0.1, 0.15) is 15.9 Å². The normalized spacial score (nSPS) is 11.3. The maximum Gasteiger partial charge on any atom is 0.249 e. The predicted molar refractivity (Wildman–Crippen MR) is 126 cm³/mol. The van der Waals surface area contributed by atoms with Crippen LogP contribution in [0.5, 0.6) is 0 Å². The Labute approximate surface area is 188 Å². The Balaban J connectivity index is 1.84. The second-order valence-electron chi connectivity index (χ2n) is 7.26. The Hall–Kier alpha value is -3.34. The molecule has 31 heavy (non-hydrogen) atoms. The largest absolute Gasteiger partial charge is 0.366 e. The van der Waals surface area contributed by atoms with Gasteiger partial charge in [-0.1, -0.05) is 41.4 Å². The smallest absolute Gasteiger partial charge is 0.249 e. The van der Waals surface area contributed by atoms with Crippen LogP contribution in [0.15, 0.2) is 73.1 Å². The van der Waals surface area contributed by atoms with Crippen LogP contribution < -0.4 is 5.73 Å². The lowest BCUT2D eigenvalue weighted by Crippen LogP contribution is -2.11. The molecule has 0 aliphatic rings. The molecule has 6 heteroatoms. The standard InChI is InChI=1S/C25H16Cl2N3O/c26-19-6-2-7-20(27)23(19)16-9-10-17-22(12-16)30(14-15-4-3-11-29-13-15)21-8-1-5-18(24(17)21)25(28)31/h1-9,11-13H,14H2,(H2,28,31). The molecule has 0 saturated heterocycles.